The van der Waals surface area contributed by atoms with Crippen molar-refractivity contribution in [2.24, 2.45) is 12.1 Å². The Morgan fingerprint density at radius 3 is 2.64 bits per heavy atom. The Kier molecular flexibility index (Phi) is 3.98. The van der Waals surface area contributed by atoms with Crippen LogP contribution in [0.1, 0.15) is 26.8 Å². The van der Waals surface area contributed by atoms with E-state index in [4.69, 9.17) is 0 Å². The van der Waals surface area contributed by atoms with Crippen LogP contribution in [-0.2, 0) is 13.6 Å². The third-order valence-electron chi connectivity index (χ3n) is 4.39. The Hall–Kier alpha value is -2.90. The molecule has 0 aliphatic carbocycles. The number of fused-ring (bicyclic) bond motifs is 3. The maximum absolute atomic E-state index is 13.0. The summed E-state index contributed by atoms with van der Waals surface area (Å²) in [7, 11) is 1.62. The second-order valence-electron chi connectivity index (χ2n) is 6.43. The van der Waals surface area contributed by atoms with Crippen LogP contribution < -0.4 is 16.3 Å². The largest absolute Gasteiger partial charge is 0.332 e. The van der Waals surface area contributed by atoms with Crippen LogP contribution in [0.25, 0.3) is 11.2 Å². The topological polar surface area (TPSA) is 77.4 Å². The smallest absolute Gasteiger partial charge is 0.294 e. The van der Waals surface area contributed by atoms with Gasteiger partial charge in [0, 0.05) is 13.6 Å². The van der Waals surface area contributed by atoms with Crippen LogP contribution in [-0.4, -0.2) is 30.9 Å². The van der Waals surface area contributed by atoms with Crippen LogP contribution in [0.5, 0.6) is 0 Å². The third-order valence-corrected chi connectivity index (χ3v) is 4.39. The molecule has 0 unspecified atom stereocenters. The molecule has 3 heterocycles. The van der Waals surface area contributed by atoms with Gasteiger partial charge in [0.2, 0.25) is 5.95 Å². The van der Waals surface area contributed by atoms with Gasteiger partial charge in [-0.15, -0.1) is 6.58 Å². The van der Waals surface area contributed by atoms with Crippen LogP contribution in [0.2, 0.25) is 0 Å². The molecule has 1 aliphatic heterocycles. The van der Waals surface area contributed by atoms with E-state index in [2.05, 4.69) is 23.2 Å². The molecule has 3 rings (SSSR count). The Morgan fingerprint density at radius 1 is 1.36 bits per heavy atom. The first-order valence-corrected chi connectivity index (χ1v) is 8.07. The highest BCUT2D eigenvalue weighted by atomic mass is 16.2. The van der Waals surface area contributed by atoms with Crippen LogP contribution in [0.3, 0.4) is 0 Å². The molecule has 1 atom stereocenters. The summed E-state index contributed by atoms with van der Waals surface area (Å²) in [5.74, 6) is 0.541. The first-order valence-electron chi connectivity index (χ1n) is 8.07. The van der Waals surface area contributed by atoms with E-state index in [-0.39, 0.29) is 18.1 Å². The van der Waals surface area contributed by atoms with Crippen molar-refractivity contribution in [3.8, 4) is 0 Å². The van der Waals surface area contributed by atoms with Gasteiger partial charge in [-0.05, 0) is 20.8 Å². The lowest BCUT2D eigenvalue weighted by atomic mass is 10.2. The van der Waals surface area contributed by atoms with Crippen molar-refractivity contribution in [3.05, 3.63) is 45.6 Å². The van der Waals surface area contributed by atoms with Crippen molar-refractivity contribution in [1.82, 2.24) is 18.7 Å². The molecule has 1 aliphatic rings. The molecule has 2 aromatic rings. The lowest BCUT2D eigenvalue weighted by Crippen LogP contribution is -2.40. The number of aromatic nitrogens is 4. The minimum atomic E-state index is -0.412. The zero-order chi connectivity index (χ0) is 18.5. The molecule has 25 heavy (non-hydrogen) atoms. The number of hydrogen-bond acceptors (Lipinski definition) is 5. The maximum Gasteiger partial charge on any atom is 0.332 e. The average molecular weight is 342 g/mol. The van der Waals surface area contributed by atoms with Gasteiger partial charge in [-0.3, -0.25) is 18.5 Å². The molecule has 8 heteroatoms. The molecule has 8 nitrogen and oxygen atoms in total. The number of hydrazone groups is 1. The Balaban J connectivity index is 2.41. The van der Waals surface area contributed by atoms with Crippen LogP contribution in [0.15, 0.2) is 39.5 Å². The quantitative estimate of drug-likeness (QED) is 0.787. The molecular weight excluding hydrogens is 320 g/mol. The Bertz CT molecular complexity index is 1040. The third kappa shape index (κ3) is 2.45. The molecule has 0 N–H and O–H groups in total. The highest BCUT2D eigenvalue weighted by Crippen LogP contribution is 2.29. The minimum absolute atomic E-state index is 0.135. The first-order chi connectivity index (χ1) is 11.8. The summed E-state index contributed by atoms with van der Waals surface area (Å²) >= 11 is 0. The number of allylic oxidation sites excluding steroid dienone is 1. The van der Waals surface area contributed by atoms with E-state index in [0.29, 0.717) is 23.7 Å². The van der Waals surface area contributed by atoms with Gasteiger partial charge in [-0.1, -0.05) is 18.2 Å². The van der Waals surface area contributed by atoms with Gasteiger partial charge < -0.3 is 0 Å². The van der Waals surface area contributed by atoms with Crippen LogP contribution >= 0.6 is 0 Å². The Labute approximate surface area is 145 Å². The molecule has 0 aromatic carbocycles. The molecule has 0 spiro atoms. The molecule has 0 bridgehead atoms. The van der Waals surface area contributed by atoms with E-state index in [9.17, 15) is 9.59 Å². The van der Waals surface area contributed by atoms with Crippen molar-refractivity contribution in [1.29, 1.82) is 0 Å². The van der Waals surface area contributed by atoms with E-state index in [0.717, 1.165) is 11.3 Å². The zero-order valence-electron chi connectivity index (χ0n) is 15.0. The molecule has 2 aromatic heterocycles. The Morgan fingerprint density at radius 2 is 2.04 bits per heavy atom. The monoisotopic (exact) mass is 342 g/mol. The summed E-state index contributed by atoms with van der Waals surface area (Å²) in [6.45, 7) is 14.0. The number of nitrogens with zero attached hydrogens (tertiary/aromatic N) is 6. The maximum atomic E-state index is 13.0. The first kappa shape index (κ1) is 16.9. The fourth-order valence-electron chi connectivity index (χ4n) is 3.03. The van der Waals surface area contributed by atoms with Crippen molar-refractivity contribution >= 4 is 22.8 Å². The molecule has 0 saturated heterocycles. The summed E-state index contributed by atoms with van der Waals surface area (Å²) < 4.78 is 4.41. The van der Waals surface area contributed by atoms with Crippen molar-refractivity contribution < 1.29 is 0 Å². The second-order valence-corrected chi connectivity index (χ2v) is 6.43. The fraction of sp³-hybridized carbons (Fsp3) is 0.412. The average Bonchev–Trinajstić information content (AvgIpc) is 2.95. The van der Waals surface area contributed by atoms with Gasteiger partial charge in [-0.25, -0.2) is 9.80 Å². The number of aryl methyl sites for hydroxylation is 1. The molecule has 0 saturated carbocycles. The summed E-state index contributed by atoms with van der Waals surface area (Å²) in [4.78, 5) is 30.0. The standard InChI is InChI=1S/C17H22N6O2/c1-7-8-21-15(24)13-14(20(6)17(21)25)18-16-22(9-10(2)3)19-11(4)12(5)23(13)16/h7,12H,1-2,8-9H2,3-6H3/t12-/m0/s1. The lowest BCUT2D eigenvalue weighted by Gasteiger charge is -2.29. The lowest BCUT2D eigenvalue weighted by molar-refractivity contribution is 0.636. The summed E-state index contributed by atoms with van der Waals surface area (Å²) in [6, 6.07) is -0.135. The molecule has 0 amide bonds. The van der Waals surface area contributed by atoms with Crippen molar-refractivity contribution in [3.63, 3.8) is 0 Å². The number of hydrogen-bond donors (Lipinski definition) is 0. The molecule has 132 valence electrons. The fourth-order valence-corrected chi connectivity index (χ4v) is 3.03. The molecule has 0 radical (unpaired) electrons. The van der Waals surface area contributed by atoms with Gasteiger partial charge in [0.15, 0.2) is 11.2 Å². The van der Waals surface area contributed by atoms with Gasteiger partial charge >= 0.3 is 5.69 Å². The van der Waals surface area contributed by atoms with E-state index < -0.39 is 5.69 Å². The summed E-state index contributed by atoms with van der Waals surface area (Å²) in [5.41, 5.74) is 1.75. The molecule has 0 fully saturated rings. The normalized spacial score (nSPS) is 16.7. The van der Waals surface area contributed by atoms with Crippen LogP contribution in [0.4, 0.5) is 5.95 Å². The van der Waals surface area contributed by atoms with E-state index in [1.165, 1.54) is 15.2 Å². The summed E-state index contributed by atoms with van der Waals surface area (Å²) in [6.07, 6.45) is 1.53. The second kappa shape index (κ2) is 5.87. The van der Waals surface area contributed by atoms with Crippen molar-refractivity contribution in [2.75, 3.05) is 11.6 Å². The highest BCUT2D eigenvalue weighted by Gasteiger charge is 2.30. The summed E-state index contributed by atoms with van der Waals surface area (Å²) in [5, 5.41) is 6.30. The number of anilines is 1. The van der Waals surface area contributed by atoms with Gasteiger partial charge in [-0.2, -0.15) is 10.1 Å². The van der Waals surface area contributed by atoms with Crippen molar-refractivity contribution in [2.45, 2.75) is 33.4 Å². The SMILES string of the molecule is C=CCn1c(=O)c2c(nc3n2[C@@H](C)C(C)=NN3CC(=C)C)n(C)c1=O. The predicted molar refractivity (Wildman–Crippen MR) is 99.4 cm³/mol. The van der Waals surface area contributed by atoms with Gasteiger partial charge in [0.25, 0.3) is 5.56 Å². The van der Waals surface area contributed by atoms with Crippen LogP contribution in [0, 0.1) is 0 Å². The zero-order valence-corrected chi connectivity index (χ0v) is 15.0. The van der Waals surface area contributed by atoms with E-state index in [1.54, 1.807) is 12.1 Å². The number of imidazole rings is 1. The van der Waals surface area contributed by atoms with Gasteiger partial charge in [0.05, 0.1) is 18.3 Å². The van der Waals surface area contributed by atoms with E-state index in [1.807, 2.05) is 25.3 Å². The molecular formula is C17H22N6O2. The predicted octanol–water partition coefficient (Wildman–Crippen LogP) is 1.42. The number of rotatable bonds is 4. The van der Waals surface area contributed by atoms with Gasteiger partial charge in [0.1, 0.15) is 0 Å². The minimum Gasteiger partial charge on any atom is -0.294 e. The highest BCUT2D eigenvalue weighted by molar-refractivity contribution is 5.91. The van der Waals surface area contributed by atoms with E-state index >= 15 is 0 Å².